The molecule has 0 aliphatic rings. The van der Waals surface area contributed by atoms with Crippen molar-refractivity contribution in [1.82, 2.24) is 4.98 Å². The van der Waals surface area contributed by atoms with E-state index >= 15 is 0 Å². The number of esters is 1. The van der Waals surface area contributed by atoms with E-state index in [1.165, 1.54) is 19.4 Å². The highest BCUT2D eigenvalue weighted by Gasteiger charge is 2.23. The summed E-state index contributed by atoms with van der Waals surface area (Å²) in [6.07, 6.45) is 1.31. The summed E-state index contributed by atoms with van der Waals surface area (Å²) in [6, 6.07) is 3.01. The van der Waals surface area contributed by atoms with Crippen LogP contribution in [0.15, 0.2) is 18.3 Å². The van der Waals surface area contributed by atoms with E-state index in [0.29, 0.717) is 0 Å². The Morgan fingerprint density at radius 3 is 3.00 bits per heavy atom. The highest BCUT2D eigenvalue weighted by Crippen LogP contribution is 2.17. The van der Waals surface area contributed by atoms with Gasteiger partial charge in [0.25, 0.3) is 0 Å². The lowest BCUT2D eigenvalue weighted by molar-refractivity contribution is -0.142. The molecule has 0 bridgehead atoms. The summed E-state index contributed by atoms with van der Waals surface area (Å²) in [6.45, 7) is -0.00468. The first kappa shape index (κ1) is 10.6. The summed E-state index contributed by atoms with van der Waals surface area (Å²) < 4.78 is 17.6. The zero-order valence-electron chi connectivity index (χ0n) is 7.74. The van der Waals surface area contributed by atoms with Crippen LogP contribution >= 0.6 is 0 Å². The zero-order valence-corrected chi connectivity index (χ0v) is 7.74. The van der Waals surface area contributed by atoms with Gasteiger partial charge in [-0.3, -0.25) is 4.79 Å². The fraction of sp³-hybridized carbons (Fsp3) is 0.333. The number of pyridine rings is 1. The number of carbonyl (C=O) groups excluding carboxylic acids is 1. The minimum absolute atomic E-state index is 0.00468. The molecule has 2 N–H and O–H groups in total. The maximum absolute atomic E-state index is 13.1. The third-order valence-electron chi connectivity index (χ3n) is 1.88. The Labute approximate surface area is 80.9 Å². The highest BCUT2D eigenvalue weighted by molar-refractivity contribution is 5.78. The van der Waals surface area contributed by atoms with Gasteiger partial charge >= 0.3 is 5.97 Å². The van der Waals surface area contributed by atoms with Crippen molar-refractivity contribution in [1.29, 1.82) is 0 Å². The molecule has 0 fully saturated rings. The van der Waals surface area contributed by atoms with E-state index in [0.717, 1.165) is 0 Å². The van der Waals surface area contributed by atoms with E-state index in [1.807, 2.05) is 0 Å². The van der Waals surface area contributed by atoms with Crippen molar-refractivity contribution in [3.8, 4) is 0 Å². The lowest BCUT2D eigenvalue weighted by Gasteiger charge is -2.12. The highest BCUT2D eigenvalue weighted by atomic mass is 19.1. The number of nitrogens with two attached hydrogens (primary N) is 1. The molecule has 1 heterocycles. The van der Waals surface area contributed by atoms with Gasteiger partial charge in [-0.05, 0) is 6.07 Å². The van der Waals surface area contributed by atoms with Crippen molar-refractivity contribution in [2.75, 3.05) is 13.7 Å². The summed E-state index contributed by atoms with van der Waals surface area (Å²) in [7, 11) is 1.24. The van der Waals surface area contributed by atoms with Gasteiger partial charge in [0.05, 0.1) is 13.0 Å². The summed E-state index contributed by atoms with van der Waals surface area (Å²) in [4.78, 5) is 14.6. The Hall–Kier alpha value is -1.49. The third-order valence-corrected chi connectivity index (χ3v) is 1.88. The van der Waals surface area contributed by atoms with Crippen molar-refractivity contribution < 1.29 is 13.9 Å². The Morgan fingerprint density at radius 2 is 2.50 bits per heavy atom. The maximum atomic E-state index is 13.1. The number of hydrogen-bond donors (Lipinski definition) is 1. The summed E-state index contributed by atoms with van der Waals surface area (Å²) >= 11 is 0. The molecule has 0 saturated carbocycles. The molecule has 0 aromatic carbocycles. The second-order valence-electron chi connectivity index (χ2n) is 2.69. The van der Waals surface area contributed by atoms with Crippen molar-refractivity contribution in [2.24, 2.45) is 5.73 Å². The molecular weight excluding hydrogens is 187 g/mol. The lowest BCUT2D eigenvalue weighted by Crippen LogP contribution is -2.24. The fourth-order valence-corrected chi connectivity index (χ4v) is 1.15. The number of halogens is 1. The standard InChI is InChI=1S/C9H11FN2O2/c1-14-9(13)7(5-11)6-3-2-4-12-8(6)10/h2-4,7H,5,11H2,1H3. The van der Waals surface area contributed by atoms with E-state index in [4.69, 9.17) is 5.73 Å². The quantitative estimate of drug-likeness (QED) is 0.565. The predicted molar refractivity (Wildman–Crippen MR) is 48.0 cm³/mol. The number of aromatic nitrogens is 1. The minimum Gasteiger partial charge on any atom is -0.469 e. The van der Waals surface area contributed by atoms with Crippen LogP contribution in [0.2, 0.25) is 0 Å². The summed E-state index contributed by atoms with van der Waals surface area (Å²) in [5, 5.41) is 0. The molecular formula is C9H11FN2O2. The monoisotopic (exact) mass is 198 g/mol. The maximum Gasteiger partial charge on any atom is 0.314 e. The van der Waals surface area contributed by atoms with Gasteiger partial charge in [-0.15, -0.1) is 0 Å². The van der Waals surface area contributed by atoms with Gasteiger partial charge in [-0.1, -0.05) is 6.07 Å². The topological polar surface area (TPSA) is 65.2 Å². The molecule has 0 amide bonds. The average Bonchev–Trinajstić information content (AvgIpc) is 2.21. The molecule has 5 heteroatoms. The third kappa shape index (κ3) is 2.05. The lowest BCUT2D eigenvalue weighted by atomic mass is 10.0. The van der Waals surface area contributed by atoms with E-state index in [9.17, 15) is 9.18 Å². The van der Waals surface area contributed by atoms with E-state index < -0.39 is 17.8 Å². The van der Waals surface area contributed by atoms with Crippen LogP contribution in [0.1, 0.15) is 11.5 Å². The Kier molecular flexibility index (Phi) is 3.53. The summed E-state index contributed by atoms with van der Waals surface area (Å²) in [5.41, 5.74) is 5.52. The van der Waals surface area contributed by atoms with Crippen molar-refractivity contribution >= 4 is 5.97 Å². The normalized spacial score (nSPS) is 12.2. The van der Waals surface area contributed by atoms with Crippen LogP contribution in [-0.2, 0) is 9.53 Å². The van der Waals surface area contributed by atoms with Gasteiger partial charge in [-0.25, -0.2) is 4.98 Å². The Morgan fingerprint density at radius 1 is 1.79 bits per heavy atom. The van der Waals surface area contributed by atoms with Gasteiger partial charge in [0.1, 0.15) is 0 Å². The van der Waals surface area contributed by atoms with Crippen molar-refractivity contribution in [3.05, 3.63) is 29.8 Å². The Balaban J connectivity index is 3.01. The number of carbonyl (C=O) groups is 1. The second-order valence-corrected chi connectivity index (χ2v) is 2.69. The molecule has 0 radical (unpaired) electrons. The molecule has 4 nitrogen and oxygen atoms in total. The molecule has 0 aliphatic heterocycles. The van der Waals surface area contributed by atoms with E-state index in [1.54, 1.807) is 6.07 Å². The van der Waals surface area contributed by atoms with Gasteiger partial charge in [0.2, 0.25) is 5.95 Å². The van der Waals surface area contributed by atoms with Crippen LogP contribution in [0.5, 0.6) is 0 Å². The van der Waals surface area contributed by atoms with E-state index in [2.05, 4.69) is 9.72 Å². The van der Waals surface area contributed by atoms with Crippen LogP contribution in [0, 0.1) is 5.95 Å². The minimum atomic E-state index is -0.784. The first-order valence-electron chi connectivity index (χ1n) is 4.09. The first-order chi connectivity index (χ1) is 6.70. The summed E-state index contributed by atoms with van der Waals surface area (Å²) in [5.74, 6) is -2.03. The number of nitrogens with zero attached hydrogens (tertiary/aromatic N) is 1. The second kappa shape index (κ2) is 4.66. The number of ether oxygens (including phenoxy) is 1. The smallest absolute Gasteiger partial charge is 0.314 e. The molecule has 0 aliphatic carbocycles. The number of rotatable bonds is 3. The van der Waals surface area contributed by atoms with Gasteiger partial charge in [0.15, 0.2) is 0 Å². The van der Waals surface area contributed by atoms with Crippen molar-refractivity contribution in [3.63, 3.8) is 0 Å². The van der Waals surface area contributed by atoms with Crippen LogP contribution in [-0.4, -0.2) is 24.6 Å². The fourth-order valence-electron chi connectivity index (χ4n) is 1.15. The molecule has 1 rings (SSSR count). The Bertz CT molecular complexity index is 330. The average molecular weight is 198 g/mol. The molecule has 0 saturated heterocycles. The van der Waals surface area contributed by atoms with Crippen LogP contribution in [0.3, 0.4) is 0 Å². The molecule has 1 atom stereocenters. The first-order valence-corrected chi connectivity index (χ1v) is 4.09. The molecule has 14 heavy (non-hydrogen) atoms. The van der Waals surface area contributed by atoms with Crippen LogP contribution in [0.4, 0.5) is 4.39 Å². The molecule has 0 spiro atoms. The van der Waals surface area contributed by atoms with Crippen molar-refractivity contribution in [2.45, 2.75) is 5.92 Å². The number of methoxy groups -OCH3 is 1. The van der Waals surface area contributed by atoms with Crippen LogP contribution in [0.25, 0.3) is 0 Å². The van der Waals surface area contributed by atoms with Gasteiger partial charge < -0.3 is 10.5 Å². The predicted octanol–water partition coefficient (Wildman–Crippen LogP) is 0.436. The molecule has 76 valence electrons. The molecule has 1 aromatic rings. The number of hydrogen-bond acceptors (Lipinski definition) is 4. The molecule has 1 aromatic heterocycles. The zero-order chi connectivity index (χ0) is 10.6. The molecule has 1 unspecified atom stereocenters. The largest absolute Gasteiger partial charge is 0.469 e. The van der Waals surface area contributed by atoms with Crippen LogP contribution < -0.4 is 5.73 Å². The van der Waals surface area contributed by atoms with Gasteiger partial charge in [0, 0.05) is 18.3 Å². The SMILES string of the molecule is COC(=O)C(CN)c1cccnc1F. The van der Waals surface area contributed by atoms with E-state index in [-0.39, 0.29) is 12.1 Å². The van der Waals surface area contributed by atoms with Gasteiger partial charge in [-0.2, -0.15) is 4.39 Å².